The SMILES string of the molecule is CCN(CCN)CCCCCNCCNCCN(CCNC)CCNC. The molecule has 6 N–H and O–H groups in total. The van der Waals surface area contributed by atoms with E-state index in [2.05, 4.69) is 38.0 Å². The van der Waals surface area contributed by atoms with Gasteiger partial charge in [-0.25, -0.2) is 0 Å². The maximum atomic E-state index is 5.62. The fraction of sp³-hybridized carbons (Fsp3) is 1.00. The lowest BCUT2D eigenvalue weighted by Gasteiger charge is -2.22. The summed E-state index contributed by atoms with van der Waals surface area (Å²) < 4.78 is 0. The smallest absolute Gasteiger partial charge is 0.0108 e. The van der Waals surface area contributed by atoms with Crippen LogP contribution < -0.4 is 27.0 Å². The van der Waals surface area contributed by atoms with E-state index in [0.29, 0.717) is 0 Å². The van der Waals surface area contributed by atoms with Crippen molar-refractivity contribution in [2.75, 3.05) is 99.2 Å². The van der Waals surface area contributed by atoms with Crippen molar-refractivity contribution in [2.45, 2.75) is 26.2 Å². The molecule has 158 valence electrons. The summed E-state index contributed by atoms with van der Waals surface area (Å²) in [6, 6.07) is 0. The van der Waals surface area contributed by atoms with Gasteiger partial charge in [-0.3, -0.25) is 4.90 Å². The Morgan fingerprint density at radius 2 is 1.23 bits per heavy atom. The summed E-state index contributed by atoms with van der Waals surface area (Å²) in [7, 11) is 4.03. The standard InChI is InChI=1S/C19H47N7/c1-4-25(16-8-20)15-7-5-6-9-23-10-11-24-14-19-26(17-12-21-2)18-13-22-3/h21-24H,4-20H2,1-3H3. The molecular formula is C19H47N7. The molecule has 0 aliphatic rings. The van der Waals surface area contributed by atoms with E-state index in [4.69, 9.17) is 5.73 Å². The zero-order chi connectivity index (χ0) is 19.3. The molecule has 0 aliphatic heterocycles. The number of rotatable bonds is 21. The topological polar surface area (TPSA) is 80.6 Å². The zero-order valence-electron chi connectivity index (χ0n) is 17.8. The van der Waals surface area contributed by atoms with Crippen LogP contribution in [0.4, 0.5) is 0 Å². The zero-order valence-corrected chi connectivity index (χ0v) is 17.8. The summed E-state index contributed by atoms with van der Waals surface area (Å²) in [5.74, 6) is 0. The van der Waals surface area contributed by atoms with E-state index in [1.165, 1.54) is 25.8 Å². The van der Waals surface area contributed by atoms with Crippen LogP contribution in [-0.4, -0.2) is 109 Å². The van der Waals surface area contributed by atoms with Crippen molar-refractivity contribution in [2.24, 2.45) is 5.73 Å². The highest BCUT2D eigenvalue weighted by molar-refractivity contribution is 4.63. The number of nitrogens with two attached hydrogens (primary N) is 1. The van der Waals surface area contributed by atoms with Crippen molar-refractivity contribution < 1.29 is 0 Å². The van der Waals surface area contributed by atoms with Crippen LogP contribution >= 0.6 is 0 Å². The van der Waals surface area contributed by atoms with Crippen LogP contribution in [0, 0.1) is 0 Å². The van der Waals surface area contributed by atoms with Gasteiger partial charge in [-0.15, -0.1) is 0 Å². The molecule has 0 amide bonds. The van der Waals surface area contributed by atoms with Crippen molar-refractivity contribution >= 4 is 0 Å². The van der Waals surface area contributed by atoms with Crippen molar-refractivity contribution in [1.29, 1.82) is 0 Å². The van der Waals surface area contributed by atoms with E-state index >= 15 is 0 Å². The summed E-state index contributed by atoms with van der Waals surface area (Å²) in [5, 5.41) is 13.5. The highest BCUT2D eigenvalue weighted by Crippen LogP contribution is 1.97. The lowest BCUT2D eigenvalue weighted by molar-refractivity contribution is 0.276. The number of likely N-dealkylation sites (N-methyl/N-ethyl adjacent to an activating group) is 3. The molecule has 0 rings (SSSR count). The minimum absolute atomic E-state index is 0.769. The Bertz CT molecular complexity index is 258. The summed E-state index contributed by atoms with van der Waals surface area (Å²) in [6.45, 7) is 16.0. The molecule has 0 aromatic carbocycles. The first-order valence-corrected chi connectivity index (χ1v) is 10.6. The number of nitrogens with zero attached hydrogens (tertiary/aromatic N) is 2. The first-order valence-electron chi connectivity index (χ1n) is 10.6. The van der Waals surface area contributed by atoms with Crippen LogP contribution in [0.1, 0.15) is 26.2 Å². The van der Waals surface area contributed by atoms with Gasteiger partial charge in [-0.05, 0) is 46.6 Å². The highest BCUT2D eigenvalue weighted by atomic mass is 15.2. The van der Waals surface area contributed by atoms with E-state index in [9.17, 15) is 0 Å². The first-order chi connectivity index (χ1) is 12.8. The molecule has 0 fully saturated rings. The van der Waals surface area contributed by atoms with Gasteiger partial charge >= 0.3 is 0 Å². The molecule has 0 spiro atoms. The van der Waals surface area contributed by atoms with Gasteiger partial charge in [0.25, 0.3) is 0 Å². The summed E-state index contributed by atoms with van der Waals surface area (Å²) in [5.41, 5.74) is 5.62. The van der Waals surface area contributed by atoms with E-state index in [1.54, 1.807) is 0 Å². The average Bonchev–Trinajstić information content (AvgIpc) is 2.66. The van der Waals surface area contributed by atoms with Gasteiger partial charge in [-0.2, -0.15) is 0 Å². The molecule has 0 aromatic heterocycles. The fourth-order valence-corrected chi connectivity index (χ4v) is 2.91. The van der Waals surface area contributed by atoms with Gasteiger partial charge in [0.2, 0.25) is 0 Å². The summed E-state index contributed by atoms with van der Waals surface area (Å²) in [6.07, 6.45) is 3.85. The van der Waals surface area contributed by atoms with Crippen molar-refractivity contribution in [3.05, 3.63) is 0 Å². The fourth-order valence-electron chi connectivity index (χ4n) is 2.91. The van der Waals surface area contributed by atoms with Crippen LogP contribution in [0.25, 0.3) is 0 Å². The number of nitrogens with one attached hydrogen (secondary N) is 4. The molecule has 0 heterocycles. The second-order valence-electron chi connectivity index (χ2n) is 6.83. The average molecular weight is 374 g/mol. The molecule has 0 saturated carbocycles. The van der Waals surface area contributed by atoms with E-state index in [-0.39, 0.29) is 0 Å². The number of unbranched alkanes of at least 4 members (excludes halogenated alkanes) is 2. The Hall–Kier alpha value is -0.280. The van der Waals surface area contributed by atoms with E-state index in [1.807, 2.05) is 14.1 Å². The predicted molar refractivity (Wildman–Crippen MR) is 115 cm³/mol. The molecule has 0 unspecified atom stereocenters. The van der Waals surface area contributed by atoms with E-state index < -0.39 is 0 Å². The maximum absolute atomic E-state index is 5.62. The lowest BCUT2D eigenvalue weighted by atomic mass is 10.2. The van der Waals surface area contributed by atoms with Crippen LogP contribution in [-0.2, 0) is 0 Å². The molecule has 0 radical (unpaired) electrons. The van der Waals surface area contributed by atoms with Crippen LogP contribution in [0.15, 0.2) is 0 Å². The Balaban J connectivity index is 3.40. The third kappa shape index (κ3) is 17.1. The molecule has 26 heavy (non-hydrogen) atoms. The molecule has 0 atom stereocenters. The van der Waals surface area contributed by atoms with Crippen molar-refractivity contribution in [3.8, 4) is 0 Å². The normalized spacial score (nSPS) is 11.8. The van der Waals surface area contributed by atoms with Crippen LogP contribution in [0.2, 0.25) is 0 Å². The Labute approximate surface area is 162 Å². The Morgan fingerprint density at radius 1 is 0.615 bits per heavy atom. The van der Waals surface area contributed by atoms with E-state index in [0.717, 1.165) is 78.5 Å². The maximum Gasteiger partial charge on any atom is 0.0108 e. The lowest BCUT2D eigenvalue weighted by Crippen LogP contribution is -2.40. The van der Waals surface area contributed by atoms with Crippen molar-refractivity contribution in [1.82, 2.24) is 31.1 Å². The minimum atomic E-state index is 0.769. The Morgan fingerprint density at radius 3 is 1.81 bits per heavy atom. The third-order valence-electron chi connectivity index (χ3n) is 4.66. The van der Waals surface area contributed by atoms with Gasteiger partial charge in [0.15, 0.2) is 0 Å². The summed E-state index contributed by atoms with van der Waals surface area (Å²) >= 11 is 0. The van der Waals surface area contributed by atoms with Gasteiger partial charge < -0.3 is 31.9 Å². The quantitative estimate of drug-likeness (QED) is 0.171. The summed E-state index contributed by atoms with van der Waals surface area (Å²) in [4.78, 5) is 4.94. The van der Waals surface area contributed by atoms with Gasteiger partial charge in [0.1, 0.15) is 0 Å². The molecule has 0 aliphatic carbocycles. The predicted octanol–water partition coefficient (Wildman–Crippen LogP) is -0.643. The monoisotopic (exact) mass is 373 g/mol. The molecule has 0 bridgehead atoms. The van der Waals surface area contributed by atoms with Crippen LogP contribution in [0.5, 0.6) is 0 Å². The third-order valence-corrected chi connectivity index (χ3v) is 4.66. The van der Waals surface area contributed by atoms with Gasteiger partial charge in [0.05, 0.1) is 0 Å². The molecule has 0 aromatic rings. The molecule has 7 nitrogen and oxygen atoms in total. The van der Waals surface area contributed by atoms with Crippen molar-refractivity contribution in [3.63, 3.8) is 0 Å². The van der Waals surface area contributed by atoms with Gasteiger partial charge in [0, 0.05) is 65.4 Å². The highest BCUT2D eigenvalue weighted by Gasteiger charge is 2.03. The van der Waals surface area contributed by atoms with Crippen LogP contribution in [0.3, 0.4) is 0 Å². The minimum Gasteiger partial charge on any atom is -0.329 e. The number of hydrogen-bond donors (Lipinski definition) is 5. The second-order valence-corrected chi connectivity index (χ2v) is 6.83. The molecule has 0 saturated heterocycles. The molecular weight excluding hydrogens is 326 g/mol. The molecule has 7 heteroatoms. The largest absolute Gasteiger partial charge is 0.329 e. The number of hydrogen-bond acceptors (Lipinski definition) is 7. The Kier molecular flexibility index (Phi) is 20.8. The van der Waals surface area contributed by atoms with Gasteiger partial charge in [-0.1, -0.05) is 13.3 Å². The first kappa shape index (κ1) is 25.7. The second kappa shape index (κ2) is 21.0.